The molecule has 0 bridgehead atoms. The Morgan fingerprint density at radius 2 is 1.64 bits per heavy atom. The van der Waals surface area contributed by atoms with Crippen molar-refractivity contribution in [3.8, 4) is 0 Å². The summed E-state index contributed by atoms with van der Waals surface area (Å²) >= 11 is 0. The van der Waals surface area contributed by atoms with Gasteiger partial charge in [0.1, 0.15) is 0 Å². The molecule has 0 aliphatic rings. The van der Waals surface area contributed by atoms with Crippen LogP contribution in [0.1, 0.15) is 19.4 Å². The van der Waals surface area contributed by atoms with Gasteiger partial charge < -0.3 is 0 Å². The van der Waals surface area contributed by atoms with Crippen molar-refractivity contribution >= 4 is 10.9 Å². The van der Waals surface area contributed by atoms with Crippen molar-refractivity contribution in [2.24, 2.45) is 11.1 Å². The lowest BCUT2D eigenvalue weighted by atomic mass is 10.0. The van der Waals surface area contributed by atoms with E-state index in [0.717, 1.165) is 5.92 Å². The first-order valence-electron chi connectivity index (χ1n) is 4.45. The van der Waals surface area contributed by atoms with E-state index in [-0.39, 0.29) is 0 Å². The molecule has 14 heavy (non-hydrogen) atoms. The Balaban J connectivity index is 0.000000364. The summed E-state index contributed by atoms with van der Waals surface area (Å²) in [5.41, 5.74) is 1.44. The van der Waals surface area contributed by atoms with Gasteiger partial charge in [-0.1, -0.05) is 44.2 Å². The molecule has 3 nitrogen and oxygen atoms in total. The third-order valence-corrected chi connectivity index (χ3v) is 1.49. The number of thiol groups is 1. The predicted octanol–water partition coefficient (Wildman–Crippen LogP) is 1.36. The fourth-order valence-electron chi connectivity index (χ4n) is 1.09. The van der Waals surface area contributed by atoms with E-state index >= 15 is 0 Å². The molecular weight excluding hydrogens is 198 g/mol. The van der Waals surface area contributed by atoms with Gasteiger partial charge in [0.2, 0.25) is 0 Å². The van der Waals surface area contributed by atoms with Gasteiger partial charge in [-0.3, -0.25) is 0 Å². The molecule has 0 saturated carbocycles. The summed E-state index contributed by atoms with van der Waals surface area (Å²) in [6.45, 7) is 4.49. The minimum Gasteiger partial charge on any atom is -0.231 e. The summed E-state index contributed by atoms with van der Waals surface area (Å²) in [4.78, 5) is 0. The largest absolute Gasteiger partial charge is 0.231 e. The zero-order valence-corrected chi connectivity index (χ0v) is 9.41. The van der Waals surface area contributed by atoms with E-state index in [1.165, 1.54) is 12.0 Å². The van der Waals surface area contributed by atoms with Gasteiger partial charge >= 0.3 is 0 Å². The van der Waals surface area contributed by atoms with Crippen molar-refractivity contribution in [2.75, 3.05) is 0 Å². The van der Waals surface area contributed by atoms with Gasteiger partial charge in [-0.25, -0.2) is 13.6 Å². The Bertz CT molecular complexity index is 299. The van der Waals surface area contributed by atoms with Gasteiger partial charge in [0.05, 0.1) is 0 Å². The summed E-state index contributed by atoms with van der Waals surface area (Å²) in [6, 6.07) is 10.6. The maximum Gasteiger partial charge on any atom is 0.198 e. The van der Waals surface area contributed by atoms with E-state index < -0.39 is 10.9 Å². The minimum atomic E-state index is -2.62. The fraction of sp³-hybridized carbons (Fsp3) is 0.400. The molecule has 1 rings (SSSR count). The van der Waals surface area contributed by atoms with Crippen LogP contribution in [0.2, 0.25) is 0 Å². The Morgan fingerprint density at radius 1 is 1.21 bits per heavy atom. The van der Waals surface area contributed by atoms with Crippen LogP contribution in [-0.2, 0) is 17.3 Å². The topological polar surface area (TPSA) is 60.2 Å². The van der Waals surface area contributed by atoms with Crippen LogP contribution in [0.5, 0.6) is 0 Å². The van der Waals surface area contributed by atoms with E-state index in [4.69, 9.17) is 8.42 Å². The van der Waals surface area contributed by atoms with Crippen molar-refractivity contribution in [2.45, 2.75) is 20.3 Å². The molecule has 0 aliphatic heterocycles. The average molecular weight is 215 g/mol. The van der Waals surface area contributed by atoms with E-state index in [1.807, 2.05) is 0 Å². The Hall–Kier alpha value is -0.870. The van der Waals surface area contributed by atoms with Crippen LogP contribution < -0.4 is 5.14 Å². The lowest BCUT2D eigenvalue weighted by Gasteiger charge is -2.02. The normalized spacial score (nSPS) is 9.79. The minimum absolute atomic E-state index is 0.766. The molecule has 1 aromatic rings. The van der Waals surface area contributed by atoms with E-state index in [0.29, 0.717) is 0 Å². The zero-order valence-electron chi connectivity index (χ0n) is 8.51. The predicted molar refractivity (Wildman–Crippen MR) is 59.5 cm³/mol. The summed E-state index contributed by atoms with van der Waals surface area (Å²) < 4.78 is 17.6. The van der Waals surface area contributed by atoms with Crippen LogP contribution >= 0.6 is 0 Å². The van der Waals surface area contributed by atoms with Gasteiger partial charge in [0.15, 0.2) is 10.9 Å². The second kappa shape index (κ2) is 7.53. The van der Waals surface area contributed by atoms with Crippen LogP contribution in [-0.4, -0.2) is 8.42 Å². The molecule has 0 aromatic heterocycles. The molecule has 0 saturated heterocycles. The molecule has 0 radical (unpaired) electrons. The zero-order chi connectivity index (χ0) is 11.0. The number of rotatable bonds is 2. The van der Waals surface area contributed by atoms with Gasteiger partial charge in [-0.2, -0.15) is 0 Å². The highest BCUT2D eigenvalue weighted by atomic mass is 32.2. The molecule has 2 N–H and O–H groups in total. The Kier molecular flexibility index (Phi) is 7.06. The van der Waals surface area contributed by atoms with E-state index in [1.54, 1.807) is 0 Å². The van der Waals surface area contributed by atoms with Crippen molar-refractivity contribution in [3.05, 3.63) is 35.9 Å². The van der Waals surface area contributed by atoms with Gasteiger partial charge in [-0.05, 0) is 17.9 Å². The van der Waals surface area contributed by atoms with Crippen LogP contribution in [0.4, 0.5) is 0 Å². The van der Waals surface area contributed by atoms with Gasteiger partial charge in [0, 0.05) is 0 Å². The second-order valence-corrected chi connectivity index (χ2v) is 3.94. The number of hydrogen-bond donors (Lipinski definition) is 2. The maximum atomic E-state index is 8.81. The first-order chi connectivity index (χ1) is 6.52. The molecule has 0 unspecified atom stereocenters. The van der Waals surface area contributed by atoms with E-state index in [2.05, 4.69) is 49.3 Å². The Morgan fingerprint density at radius 3 is 2.00 bits per heavy atom. The summed E-state index contributed by atoms with van der Waals surface area (Å²) in [6.07, 6.45) is 1.20. The van der Waals surface area contributed by atoms with E-state index in [9.17, 15) is 0 Å². The monoisotopic (exact) mass is 215 g/mol. The van der Waals surface area contributed by atoms with Gasteiger partial charge in [-0.15, -0.1) is 0 Å². The average Bonchev–Trinajstić information content (AvgIpc) is 2.03. The first-order valence-corrected chi connectivity index (χ1v) is 5.70. The molecule has 0 aliphatic carbocycles. The third kappa shape index (κ3) is 9.22. The lowest BCUT2D eigenvalue weighted by Crippen LogP contribution is -1.92. The molecule has 80 valence electrons. The van der Waals surface area contributed by atoms with Crippen LogP contribution in [0.15, 0.2) is 30.3 Å². The summed E-state index contributed by atoms with van der Waals surface area (Å²) in [5.74, 6) is 0.766. The quantitative estimate of drug-likeness (QED) is 0.732. The number of nitrogens with two attached hydrogens (primary N) is 1. The highest BCUT2D eigenvalue weighted by molar-refractivity contribution is 7.69. The molecule has 0 amide bonds. The molecule has 0 heterocycles. The number of benzene rings is 1. The summed E-state index contributed by atoms with van der Waals surface area (Å²) in [5, 5.41) is 4.06. The SMILES string of the molecule is CC(C)Cc1ccccc1.N[SH](=O)=O. The van der Waals surface area contributed by atoms with Crippen molar-refractivity contribution in [1.29, 1.82) is 0 Å². The maximum absolute atomic E-state index is 8.81. The van der Waals surface area contributed by atoms with Crippen molar-refractivity contribution < 1.29 is 8.42 Å². The van der Waals surface area contributed by atoms with Crippen LogP contribution in [0, 0.1) is 5.92 Å². The highest BCUT2D eigenvalue weighted by Crippen LogP contribution is 2.05. The van der Waals surface area contributed by atoms with Crippen LogP contribution in [0.25, 0.3) is 0 Å². The smallest absolute Gasteiger partial charge is 0.198 e. The first kappa shape index (κ1) is 13.1. The standard InChI is InChI=1S/C10H14.H3NO2S/c1-9(2)8-10-6-4-3-5-7-10;1-4(2)3/h3-7,9H,8H2,1-2H3;4H,(H2,1,2,3). The number of hydrogen-bond acceptors (Lipinski definition) is 2. The van der Waals surface area contributed by atoms with Crippen molar-refractivity contribution in [1.82, 2.24) is 0 Å². The molecule has 4 heteroatoms. The molecular formula is C10H17NO2S. The molecule has 1 aromatic carbocycles. The third-order valence-electron chi connectivity index (χ3n) is 1.49. The molecule has 0 spiro atoms. The lowest BCUT2D eigenvalue weighted by molar-refractivity contribution is 0.616. The summed E-state index contributed by atoms with van der Waals surface area (Å²) in [7, 11) is -2.62. The highest BCUT2D eigenvalue weighted by Gasteiger charge is 1.94. The fourth-order valence-corrected chi connectivity index (χ4v) is 1.09. The Labute approximate surface area is 87.0 Å². The second-order valence-electron chi connectivity index (χ2n) is 3.37. The molecule has 0 atom stereocenters. The van der Waals surface area contributed by atoms with Crippen molar-refractivity contribution in [3.63, 3.8) is 0 Å². The van der Waals surface area contributed by atoms with Gasteiger partial charge in [0.25, 0.3) is 0 Å². The van der Waals surface area contributed by atoms with Crippen LogP contribution in [0.3, 0.4) is 0 Å². The molecule has 0 fully saturated rings.